The van der Waals surface area contributed by atoms with E-state index >= 15 is 0 Å². The third-order valence-electron chi connectivity index (χ3n) is 5.67. The lowest BCUT2D eigenvalue weighted by atomic mass is 9.94. The number of piperidine rings is 1. The summed E-state index contributed by atoms with van der Waals surface area (Å²) in [7, 11) is 0. The zero-order chi connectivity index (χ0) is 20.5. The molecular formula is C23H21Cl2N5. The summed E-state index contributed by atoms with van der Waals surface area (Å²) in [4.78, 5) is 11.1. The largest absolute Gasteiger partial charge is 0.298 e. The van der Waals surface area contributed by atoms with Crippen molar-refractivity contribution in [2.24, 2.45) is 0 Å². The van der Waals surface area contributed by atoms with E-state index in [2.05, 4.69) is 51.3 Å². The van der Waals surface area contributed by atoms with E-state index in [1.807, 2.05) is 16.8 Å². The van der Waals surface area contributed by atoms with Crippen molar-refractivity contribution in [2.45, 2.75) is 25.3 Å². The van der Waals surface area contributed by atoms with E-state index in [4.69, 9.17) is 28.3 Å². The predicted octanol–water partition coefficient (Wildman–Crippen LogP) is 5.48. The fraction of sp³-hybridized carbons (Fsp3) is 0.261. The van der Waals surface area contributed by atoms with Gasteiger partial charge >= 0.3 is 0 Å². The van der Waals surface area contributed by atoms with Gasteiger partial charge in [0.1, 0.15) is 0 Å². The molecule has 1 fully saturated rings. The molecule has 1 aromatic carbocycles. The van der Waals surface area contributed by atoms with Crippen LogP contribution in [0.1, 0.15) is 30.0 Å². The fourth-order valence-electron chi connectivity index (χ4n) is 4.28. The van der Waals surface area contributed by atoms with Gasteiger partial charge in [-0.1, -0.05) is 53.5 Å². The van der Waals surface area contributed by atoms with Crippen molar-refractivity contribution in [2.75, 3.05) is 13.1 Å². The molecule has 0 amide bonds. The molecule has 1 aliphatic rings. The molecule has 152 valence electrons. The van der Waals surface area contributed by atoms with Crippen LogP contribution in [0.15, 0.2) is 61.1 Å². The van der Waals surface area contributed by atoms with Gasteiger partial charge < -0.3 is 0 Å². The molecule has 0 radical (unpaired) electrons. The number of halogens is 2. The van der Waals surface area contributed by atoms with Gasteiger partial charge in [-0.15, -0.1) is 0 Å². The monoisotopic (exact) mass is 437 g/mol. The molecule has 4 aromatic rings. The summed E-state index contributed by atoms with van der Waals surface area (Å²) in [6, 6.07) is 14.7. The second-order valence-electron chi connectivity index (χ2n) is 7.71. The summed E-state index contributed by atoms with van der Waals surface area (Å²) in [5.41, 5.74) is 4.72. The van der Waals surface area contributed by atoms with Gasteiger partial charge in [-0.2, -0.15) is 5.10 Å². The lowest BCUT2D eigenvalue weighted by Crippen LogP contribution is -2.34. The van der Waals surface area contributed by atoms with Gasteiger partial charge in [0.15, 0.2) is 5.65 Å². The Morgan fingerprint density at radius 1 is 1.03 bits per heavy atom. The third-order valence-corrected chi connectivity index (χ3v) is 6.24. The molecule has 5 nitrogen and oxygen atoms in total. The fourth-order valence-corrected chi connectivity index (χ4v) is 4.84. The Morgan fingerprint density at radius 2 is 1.83 bits per heavy atom. The lowest BCUT2D eigenvalue weighted by Gasteiger charge is -2.33. The number of fused-ring (bicyclic) bond motifs is 1. The van der Waals surface area contributed by atoms with Gasteiger partial charge in [-0.25, -0.2) is 9.50 Å². The van der Waals surface area contributed by atoms with Gasteiger partial charge in [0.25, 0.3) is 0 Å². The minimum Gasteiger partial charge on any atom is -0.298 e. The first kappa shape index (κ1) is 19.5. The minimum absolute atomic E-state index is 0.393. The topological polar surface area (TPSA) is 46.3 Å². The number of pyridine rings is 1. The molecule has 1 aliphatic heterocycles. The molecule has 30 heavy (non-hydrogen) atoms. The lowest BCUT2D eigenvalue weighted by molar-refractivity contribution is 0.197. The van der Waals surface area contributed by atoms with Crippen molar-refractivity contribution in [1.82, 2.24) is 24.5 Å². The predicted molar refractivity (Wildman–Crippen MR) is 120 cm³/mol. The second kappa shape index (κ2) is 8.34. The number of rotatable bonds is 4. The molecular weight excluding hydrogens is 417 g/mol. The van der Waals surface area contributed by atoms with Gasteiger partial charge in [0, 0.05) is 49.2 Å². The van der Waals surface area contributed by atoms with E-state index in [1.165, 1.54) is 11.3 Å². The smallest absolute Gasteiger partial charge is 0.155 e. The van der Waals surface area contributed by atoms with Crippen LogP contribution < -0.4 is 0 Å². The average molecular weight is 438 g/mol. The molecule has 1 saturated heterocycles. The van der Waals surface area contributed by atoms with Crippen LogP contribution >= 0.6 is 23.2 Å². The van der Waals surface area contributed by atoms with Crippen molar-refractivity contribution >= 4 is 28.8 Å². The molecule has 0 saturated carbocycles. The molecule has 0 N–H and O–H groups in total. The number of hydrogen-bond acceptors (Lipinski definition) is 4. The highest BCUT2D eigenvalue weighted by Crippen LogP contribution is 2.34. The van der Waals surface area contributed by atoms with Crippen LogP contribution in [0.3, 0.4) is 0 Å². The quantitative estimate of drug-likeness (QED) is 0.424. The van der Waals surface area contributed by atoms with Crippen LogP contribution in [0, 0.1) is 0 Å². The van der Waals surface area contributed by atoms with Crippen molar-refractivity contribution in [1.29, 1.82) is 0 Å². The van der Waals surface area contributed by atoms with Crippen molar-refractivity contribution in [3.05, 3.63) is 82.4 Å². The number of likely N-dealkylation sites (tertiary alicyclic amines) is 1. The van der Waals surface area contributed by atoms with E-state index in [1.54, 1.807) is 12.4 Å². The SMILES string of the molecule is Clc1cncc(Cl)c1-c1cc2nccc(C3CCCN(Cc4ccccc4)C3)n2n1. The number of aromatic nitrogens is 4. The molecule has 1 atom stereocenters. The molecule has 1 unspecified atom stereocenters. The van der Waals surface area contributed by atoms with Crippen molar-refractivity contribution < 1.29 is 0 Å². The maximum absolute atomic E-state index is 6.35. The molecule has 0 spiro atoms. The Labute approximate surface area is 185 Å². The first-order valence-corrected chi connectivity index (χ1v) is 10.8. The number of nitrogens with zero attached hydrogens (tertiary/aromatic N) is 5. The standard InChI is InChI=1S/C23H21Cl2N5/c24-18-12-26-13-19(25)23(18)20-11-22-27-9-8-21(30(22)28-20)17-7-4-10-29(15-17)14-16-5-2-1-3-6-16/h1-3,5-6,8-9,11-13,17H,4,7,10,14-15H2. The van der Waals surface area contributed by atoms with Crippen LogP contribution in [0.5, 0.6) is 0 Å². The Balaban J connectivity index is 1.46. The molecule has 3 aromatic heterocycles. The Morgan fingerprint density at radius 3 is 2.63 bits per heavy atom. The van der Waals surface area contributed by atoms with Crippen LogP contribution in [-0.2, 0) is 6.54 Å². The van der Waals surface area contributed by atoms with Gasteiger partial charge in [-0.3, -0.25) is 9.88 Å². The van der Waals surface area contributed by atoms with Gasteiger partial charge in [-0.05, 0) is 31.0 Å². The Kier molecular flexibility index (Phi) is 5.42. The highest BCUT2D eigenvalue weighted by molar-refractivity contribution is 6.38. The van der Waals surface area contributed by atoms with E-state index in [0.717, 1.165) is 38.1 Å². The van der Waals surface area contributed by atoms with Gasteiger partial charge in [0.05, 0.1) is 21.4 Å². The summed E-state index contributed by atoms with van der Waals surface area (Å²) in [6.45, 7) is 3.09. The maximum atomic E-state index is 6.35. The summed E-state index contributed by atoms with van der Waals surface area (Å²) >= 11 is 12.7. The number of benzene rings is 1. The maximum Gasteiger partial charge on any atom is 0.155 e. The van der Waals surface area contributed by atoms with E-state index in [0.29, 0.717) is 27.2 Å². The molecule has 0 aliphatic carbocycles. The first-order chi connectivity index (χ1) is 14.7. The molecule has 4 heterocycles. The second-order valence-corrected chi connectivity index (χ2v) is 8.52. The Hall–Kier alpha value is -2.47. The zero-order valence-electron chi connectivity index (χ0n) is 16.4. The average Bonchev–Trinajstić information content (AvgIpc) is 3.18. The third kappa shape index (κ3) is 3.81. The van der Waals surface area contributed by atoms with Gasteiger partial charge in [0.2, 0.25) is 0 Å². The number of hydrogen-bond donors (Lipinski definition) is 0. The first-order valence-electron chi connectivity index (χ1n) is 10.1. The van der Waals surface area contributed by atoms with Crippen molar-refractivity contribution in [3.8, 4) is 11.3 Å². The van der Waals surface area contributed by atoms with Crippen molar-refractivity contribution in [3.63, 3.8) is 0 Å². The van der Waals surface area contributed by atoms with Crippen LogP contribution in [0.2, 0.25) is 10.0 Å². The van der Waals surface area contributed by atoms with Crippen LogP contribution in [0.25, 0.3) is 16.9 Å². The zero-order valence-corrected chi connectivity index (χ0v) is 17.9. The molecule has 5 rings (SSSR count). The van der Waals surface area contributed by atoms with Crippen LogP contribution in [0.4, 0.5) is 0 Å². The summed E-state index contributed by atoms with van der Waals surface area (Å²) in [5.74, 6) is 0.393. The van der Waals surface area contributed by atoms with E-state index in [9.17, 15) is 0 Å². The summed E-state index contributed by atoms with van der Waals surface area (Å²) < 4.78 is 1.94. The molecule has 7 heteroatoms. The highest BCUT2D eigenvalue weighted by atomic mass is 35.5. The summed E-state index contributed by atoms with van der Waals surface area (Å²) in [6.07, 6.45) is 7.34. The molecule has 0 bridgehead atoms. The van der Waals surface area contributed by atoms with E-state index in [-0.39, 0.29) is 0 Å². The minimum atomic E-state index is 0.393. The highest BCUT2D eigenvalue weighted by Gasteiger charge is 2.24. The normalized spacial score (nSPS) is 17.5. The van der Waals surface area contributed by atoms with Crippen LogP contribution in [-0.4, -0.2) is 37.6 Å². The Bertz CT molecular complexity index is 1150. The summed E-state index contributed by atoms with van der Waals surface area (Å²) in [5, 5.41) is 5.80. The van der Waals surface area contributed by atoms with E-state index < -0.39 is 0 Å².